The molecule has 0 saturated carbocycles. The Balaban J connectivity index is 3.11. The molecule has 1 aromatic carbocycles. The molecule has 0 unspecified atom stereocenters. The Hall–Kier alpha value is -1.63. The van der Waals surface area contributed by atoms with Crippen molar-refractivity contribution in [3.8, 4) is 0 Å². The van der Waals surface area contributed by atoms with Crippen LogP contribution in [0.5, 0.6) is 0 Å². The molecule has 0 heterocycles. The smallest absolute Gasteiger partial charge is 0.234 e. The summed E-state index contributed by atoms with van der Waals surface area (Å²) in [4.78, 5) is 11.1. The number of nitrogens with one attached hydrogen (secondary N) is 1. The molecule has 0 amide bonds. The first-order chi connectivity index (χ1) is 6.42. The van der Waals surface area contributed by atoms with E-state index in [9.17, 15) is 18.5 Å². The van der Waals surface area contributed by atoms with E-state index < -0.39 is 15.1 Å². The van der Waals surface area contributed by atoms with E-state index in [1.54, 1.807) is 13.0 Å². The van der Waals surface area contributed by atoms with E-state index >= 15 is 0 Å². The Morgan fingerprint density at radius 1 is 1.43 bits per heavy atom. The number of rotatable bonds is 3. The summed E-state index contributed by atoms with van der Waals surface area (Å²) in [6.45, 7) is 1.70. The number of aryl methyl sites for hydroxylation is 1. The van der Waals surface area contributed by atoms with Gasteiger partial charge >= 0.3 is 10.0 Å². The van der Waals surface area contributed by atoms with Gasteiger partial charge in [-0.3, -0.25) is 0 Å². The fraction of sp³-hybridized carbons (Fsp3) is 0.143. The van der Waals surface area contributed by atoms with Gasteiger partial charge in [-0.15, -0.1) is 0 Å². The van der Waals surface area contributed by atoms with Crippen LogP contribution in [0.2, 0.25) is 0 Å². The first-order valence-electron chi connectivity index (χ1n) is 3.65. The van der Waals surface area contributed by atoms with Crippen LogP contribution >= 0.6 is 0 Å². The molecule has 14 heavy (non-hydrogen) atoms. The molecule has 0 aromatic heterocycles. The first kappa shape index (κ1) is 10.5. The van der Waals surface area contributed by atoms with Crippen LogP contribution in [0.3, 0.4) is 0 Å². The van der Waals surface area contributed by atoms with Gasteiger partial charge in [0, 0.05) is 0 Å². The van der Waals surface area contributed by atoms with Crippen LogP contribution in [0.15, 0.2) is 29.2 Å². The lowest BCUT2D eigenvalue weighted by atomic mass is 10.2. The van der Waals surface area contributed by atoms with E-state index in [4.69, 9.17) is 0 Å². The maximum atomic E-state index is 11.2. The van der Waals surface area contributed by atoms with Crippen LogP contribution in [-0.2, 0) is 10.0 Å². The second-order valence-electron chi connectivity index (χ2n) is 2.67. The van der Waals surface area contributed by atoms with Gasteiger partial charge in [0.1, 0.15) is 0 Å². The van der Waals surface area contributed by atoms with E-state index in [1.807, 2.05) is 0 Å². The van der Waals surface area contributed by atoms with Crippen molar-refractivity contribution >= 4 is 10.0 Å². The molecular formula is C7H8N2O4S. The van der Waals surface area contributed by atoms with Crippen LogP contribution in [0, 0.1) is 17.0 Å². The number of hydrogen-bond donors (Lipinski definition) is 1. The van der Waals surface area contributed by atoms with Crippen molar-refractivity contribution < 1.29 is 13.5 Å². The van der Waals surface area contributed by atoms with Crippen LogP contribution in [0.4, 0.5) is 0 Å². The molecule has 0 aliphatic heterocycles. The molecule has 0 aliphatic rings. The normalized spacial score (nSPS) is 10.9. The van der Waals surface area contributed by atoms with Crippen molar-refractivity contribution in [2.75, 3.05) is 0 Å². The maximum absolute atomic E-state index is 11.2. The summed E-state index contributed by atoms with van der Waals surface area (Å²) in [5.74, 6) is 0. The first-order valence-corrected chi connectivity index (χ1v) is 5.13. The van der Waals surface area contributed by atoms with Crippen LogP contribution in [0.25, 0.3) is 0 Å². The highest BCUT2D eigenvalue weighted by molar-refractivity contribution is 7.89. The largest absolute Gasteiger partial charge is 0.311 e. The monoisotopic (exact) mass is 216 g/mol. The third kappa shape index (κ3) is 2.43. The van der Waals surface area contributed by atoms with Gasteiger partial charge in [-0.2, -0.15) is 8.42 Å². The molecule has 0 aliphatic carbocycles. The molecule has 6 nitrogen and oxygen atoms in total. The molecule has 0 fully saturated rings. The SMILES string of the molecule is Cc1cccc(S(=O)(=O)N[N+](=O)[O-])c1. The molecule has 1 aromatic rings. The van der Waals surface area contributed by atoms with Gasteiger partial charge in [-0.1, -0.05) is 12.1 Å². The zero-order chi connectivity index (χ0) is 10.8. The Kier molecular flexibility index (Phi) is 2.70. The Bertz CT molecular complexity index is 455. The van der Waals surface area contributed by atoms with Crippen molar-refractivity contribution in [1.29, 1.82) is 0 Å². The zero-order valence-electron chi connectivity index (χ0n) is 7.30. The number of benzene rings is 1. The van der Waals surface area contributed by atoms with Crippen LogP contribution < -0.4 is 4.83 Å². The summed E-state index contributed by atoms with van der Waals surface area (Å²) in [7, 11) is -4.03. The van der Waals surface area contributed by atoms with Crippen LogP contribution in [-0.4, -0.2) is 13.5 Å². The average molecular weight is 216 g/mol. The third-order valence-corrected chi connectivity index (χ3v) is 2.76. The standard InChI is InChI=1S/C7H8N2O4S/c1-6-3-2-4-7(5-6)14(12,13)8-9(10)11/h2-5,8H,1H3. The minimum atomic E-state index is -4.03. The number of hydrazine groups is 1. The number of nitrogens with zero attached hydrogens (tertiary/aromatic N) is 1. The highest BCUT2D eigenvalue weighted by atomic mass is 32.2. The summed E-state index contributed by atoms with van der Waals surface area (Å²) in [6.07, 6.45) is 0. The van der Waals surface area contributed by atoms with Crippen molar-refractivity contribution in [2.24, 2.45) is 0 Å². The topological polar surface area (TPSA) is 89.3 Å². The van der Waals surface area contributed by atoms with Gasteiger partial charge in [0.05, 0.1) is 4.90 Å². The molecular weight excluding hydrogens is 208 g/mol. The molecule has 0 radical (unpaired) electrons. The minimum Gasteiger partial charge on any atom is -0.234 e. The highest BCUT2D eigenvalue weighted by Gasteiger charge is 2.18. The van der Waals surface area contributed by atoms with Gasteiger partial charge < -0.3 is 0 Å². The third-order valence-electron chi connectivity index (χ3n) is 1.49. The summed E-state index contributed by atoms with van der Waals surface area (Å²) in [5, 5.41) is 8.89. The highest BCUT2D eigenvalue weighted by Crippen LogP contribution is 2.09. The molecule has 1 N–H and O–H groups in total. The van der Waals surface area contributed by atoms with Gasteiger partial charge in [0.15, 0.2) is 5.03 Å². The number of hydrogen-bond acceptors (Lipinski definition) is 4. The second-order valence-corrected chi connectivity index (χ2v) is 4.33. The maximum Gasteiger partial charge on any atom is 0.311 e. The quantitative estimate of drug-likeness (QED) is 0.587. The molecule has 7 heteroatoms. The summed E-state index contributed by atoms with van der Waals surface area (Å²) in [5.41, 5.74) is 0.719. The van der Waals surface area contributed by atoms with Crippen molar-refractivity contribution in [3.63, 3.8) is 0 Å². The van der Waals surface area contributed by atoms with E-state index in [-0.39, 0.29) is 4.90 Å². The van der Waals surface area contributed by atoms with Gasteiger partial charge in [-0.05, 0) is 29.5 Å². The molecule has 0 saturated heterocycles. The van der Waals surface area contributed by atoms with Crippen molar-refractivity contribution in [1.82, 2.24) is 4.83 Å². The number of sulfonamides is 1. The van der Waals surface area contributed by atoms with E-state index in [0.29, 0.717) is 0 Å². The van der Waals surface area contributed by atoms with Gasteiger partial charge in [0.25, 0.3) is 0 Å². The summed E-state index contributed by atoms with van der Waals surface area (Å²) >= 11 is 0. The van der Waals surface area contributed by atoms with Crippen molar-refractivity contribution in [2.45, 2.75) is 11.8 Å². The Morgan fingerprint density at radius 3 is 2.57 bits per heavy atom. The van der Waals surface area contributed by atoms with E-state index in [1.165, 1.54) is 23.0 Å². The Labute approximate surface area is 80.7 Å². The summed E-state index contributed by atoms with van der Waals surface area (Å²) < 4.78 is 22.5. The fourth-order valence-electron chi connectivity index (χ4n) is 0.933. The second kappa shape index (κ2) is 3.62. The molecule has 0 atom stereocenters. The lowest BCUT2D eigenvalue weighted by Gasteiger charge is -2.00. The lowest BCUT2D eigenvalue weighted by molar-refractivity contribution is -0.518. The zero-order valence-corrected chi connectivity index (χ0v) is 8.11. The predicted octanol–water partition coefficient (Wildman–Crippen LogP) is 0.465. The minimum absolute atomic E-state index is 0.116. The van der Waals surface area contributed by atoms with Gasteiger partial charge in [0.2, 0.25) is 0 Å². The predicted molar refractivity (Wildman–Crippen MR) is 48.5 cm³/mol. The molecule has 76 valence electrons. The molecule has 0 bridgehead atoms. The Morgan fingerprint density at radius 2 is 2.07 bits per heavy atom. The average Bonchev–Trinajstić information content (AvgIpc) is 2.01. The van der Waals surface area contributed by atoms with Crippen LogP contribution in [0.1, 0.15) is 5.56 Å². The fourth-order valence-corrected chi connectivity index (χ4v) is 1.83. The van der Waals surface area contributed by atoms with E-state index in [2.05, 4.69) is 0 Å². The van der Waals surface area contributed by atoms with Crippen molar-refractivity contribution in [3.05, 3.63) is 39.9 Å². The lowest BCUT2D eigenvalue weighted by Crippen LogP contribution is -2.29. The van der Waals surface area contributed by atoms with Gasteiger partial charge in [-0.25, -0.2) is 10.1 Å². The molecule has 0 spiro atoms. The van der Waals surface area contributed by atoms with E-state index in [0.717, 1.165) is 5.56 Å². The summed E-state index contributed by atoms with van der Waals surface area (Å²) in [6, 6.07) is 5.86. The molecule has 1 rings (SSSR count). The number of nitro groups is 1.